The summed E-state index contributed by atoms with van der Waals surface area (Å²) in [6.07, 6.45) is 5.01. The molecule has 108 valence electrons. The molecule has 0 saturated heterocycles. The summed E-state index contributed by atoms with van der Waals surface area (Å²) in [7, 11) is -3.85. The number of sulfonamides is 1. The fourth-order valence-electron chi connectivity index (χ4n) is 1.62. The third kappa shape index (κ3) is 3.02. The molecule has 20 heavy (non-hydrogen) atoms. The van der Waals surface area contributed by atoms with Gasteiger partial charge in [0.2, 0.25) is 0 Å². The van der Waals surface area contributed by atoms with E-state index in [9.17, 15) is 8.42 Å². The molecule has 0 atom stereocenters. The van der Waals surface area contributed by atoms with Gasteiger partial charge in [0, 0.05) is 18.9 Å². The van der Waals surface area contributed by atoms with E-state index in [1.807, 2.05) is 6.92 Å². The average Bonchev–Trinajstić information content (AvgIpc) is 2.74. The van der Waals surface area contributed by atoms with Crippen LogP contribution in [0.2, 0.25) is 5.02 Å². The molecule has 2 aromatic heterocycles. The molecule has 0 amide bonds. The highest BCUT2D eigenvalue weighted by Crippen LogP contribution is 2.24. The number of nitrogens with two attached hydrogens (primary N) is 1. The quantitative estimate of drug-likeness (QED) is 0.874. The summed E-state index contributed by atoms with van der Waals surface area (Å²) in [5.74, 6) is -0.0500. The summed E-state index contributed by atoms with van der Waals surface area (Å²) in [5.41, 5.74) is 5.84. The van der Waals surface area contributed by atoms with E-state index in [4.69, 9.17) is 17.3 Å². The highest BCUT2D eigenvalue weighted by molar-refractivity contribution is 7.92. The fourth-order valence-corrected chi connectivity index (χ4v) is 2.97. The lowest BCUT2D eigenvalue weighted by Gasteiger charge is -2.07. The van der Waals surface area contributed by atoms with Crippen molar-refractivity contribution in [3.8, 4) is 0 Å². The first-order chi connectivity index (χ1) is 9.44. The Morgan fingerprint density at radius 3 is 2.90 bits per heavy atom. The number of hydrogen-bond acceptors (Lipinski definition) is 5. The van der Waals surface area contributed by atoms with Gasteiger partial charge in [0.05, 0.1) is 16.9 Å². The van der Waals surface area contributed by atoms with E-state index in [-0.39, 0.29) is 21.4 Å². The van der Waals surface area contributed by atoms with Gasteiger partial charge in [-0.05, 0) is 12.5 Å². The highest BCUT2D eigenvalue weighted by Gasteiger charge is 2.22. The second-order valence-corrected chi connectivity index (χ2v) is 6.16. The van der Waals surface area contributed by atoms with Crippen LogP contribution < -0.4 is 10.5 Å². The second-order valence-electron chi connectivity index (χ2n) is 4.10. The van der Waals surface area contributed by atoms with Crippen molar-refractivity contribution in [1.29, 1.82) is 0 Å². The Kier molecular flexibility index (Phi) is 4.15. The van der Waals surface area contributed by atoms with Gasteiger partial charge in [0.15, 0.2) is 5.82 Å². The van der Waals surface area contributed by atoms with Gasteiger partial charge in [-0.2, -0.15) is 5.10 Å². The molecule has 0 fully saturated rings. The molecule has 2 heterocycles. The lowest BCUT2D eigenvalue weighted by Crippen LogP contribution is -2.14. The zero-order chi connectivity index (χ0) is 14.8. The van der Waals surface area contributed by atoms with Crippen molar-refractivity contribution in [1.82, 2.24) is 14.8 Å². The molecule has 0 unspecified atom stereocenters. The van der Waals surface area contributed by atoms with Crippen LogP contribution in [0.4, 0.5) is 11.5 Å². The van der Waals surface area contributed by atoms with Crippen molar-refractivity contribution in [2.24, 2.45) is 0 Å². The average molecular weight is 316 g/mol. The number of nitrogens with zero attached hydrogens (tertiary/aromatic N) is 3. The number of nitrogens with one attached hydrogen (secondary N) is 1. The van der Waals surface area contributed by atoms with Gasteiger partial charge in [-0.3, -0.25) is 14.4 Å². The van der Waals surface area contributed by atoms with Crippen LogP contribution in [0.15, 0.2) is 29.6 Å². The molecule has 0 bridgehead atoms. The molecule has 0 saturated carbocycles. The predicted molar refractivity (Wildman–Crippen MR) is 77.0 cm³/mol. The van der Waals surface area contributed by atoms with Crippen molar-refractivity contribution in [3.05, 3.63) is 29.7 Å². The Labute approximate surface area is 121 Å². The minimum absolute atomic E-state index is 0.0500. The zero-order valence-electron chi connectivity index (χ0n) is 10.7. The van der Waals surface area contributed by atoms with E-state index in [0.29, 0.717) is 6.54 Å². The van der Waals surface area contributed by atoms with Crippen LogP contribution in [0.5, 0.6) is 0 Å². The number of nitrogen functional groups attached to an aromatic ring is 1. The summed E-state index contributed by atoms with van der Waals surface area (Å²) in [5, 5.41) is 4.21. The minimum atomic E-state index is -3.85. The van der Waals surface area contributed by atoms with Crippen molar-refractivity contribution < 1.29 is 8.42 Å². The van der Waals surface area contributed by atoms with Gasteiger partial charge in [0.25, 0.3) is 10.0 Å². The van der Waals surface area contributed by atoms with Crippen molar-refractivity contribution >= 4 is 33.1 Å². The number of pyridine rings is 1. The Balaban J connectivity index is 2.33. The maximum Gasteiger partial charge on any atom is 0.267 e. The van der Waals surface area contributed by atoms with Crippen molar-refractivity contribution in [3.63, 3.8) is 0 Å². The Bertz CT molecular complexity index is 713. The van der Waals surface area contributed by atoms with Gasteiger partial charge in [-0.25, -0.2) is 8.42 Å². The third-order valence-electron chi connectivity index (χ3n) is 2.51. The number of rotatable bonds is 5. The first-order valence-corrected chi connectivity index (χ1v) is 7.75. The molecule has 0 aliphatic heterocycles. The van der Waals surface area contributed by atoms with Gasteiger partial charge in [-0.1, -0.05) is 18.5 Å². The molecule has 7 nitrogen and oxygen atoms in total. The summed E-state index contributed by atoms with van der Waals surface area (Å²) in [6.45, 7) is 2.55. The maximum atomic E-state index is 12.3. The fraction of sp³-hybridized carbons (Fsp3) is 0.273. The summed E-state index contributed by atoms with van der Waals surface area (Å²) in [6, 6.07) is 1.49. The molecular formula is C11H14ClN5O2S. The van der Waals surface area contributed by atoms with Crippen LogP contribution in [-0.4, -0.2) is 23.2 Å². The van der Waals surface area contributed by atoms with E-state index in [1.54, 1.807) is 0 Å². The first kappa shape index (κ1) is 14.6. The molecule has 3 N–H and O–H groups in total. The standard InChI is InChI=1S/C11H14ClN5O2S/c1-2-5-17-7-10(11(13)15-17)20(18,19)16-9-6-14-4-3-8(9)12/h3-4,6-7,16H,2,5H2,1H3,(H2,13,15). The van der Waals surface area contributed by atoms with Gasteiger partial charge in [0.1, 0.15) is 4.90 Å². The third-order valence-corrected chi connectivity index (χ3v) is 4.22. The van der Waals surface area contributed by atoms with E-state index in [0.717, 1.165) is 6.42 Å². The topological polar surface area (TPSA) is 103 Å². The molecule has 9 heteroatoms. The van der Waals surface area contributed by atoms with Crippen LogP contribution in [-0.2, 0) is 16.6 Å². The SMILES string of the molecule is CCCn1cc(S(=O)(=O)Nc2cnccc2Cl)c(N)n1. The molecule has 2 aromatic rings. The van der Waals surface area contributed by atoms with Crippen LogP contribution in [0.3, 0.4) is 0 Å². The van der Waals surface area contributed by atoms with E-state index < -0.39 is 10.0 Å². The van der Waals surface area contributed by atoms with Crippen LogP contribution >= 0.6 is 11.6 Å². The summed E-state index contributed by atoms with van der Waals surface area (Å²) >= 11 is 5.89. The van der Waals surface area contributed by atoms with Gasteiger partial charge >= 0.3 is 0 Å². The number of aromatic nitrogens is 3. The monoisotopic (exact) mass is 315 g/mol. The van der Waals surface area contributed by atoms with E-state index in [1.165, 1.54) is 29.3 Å². The van der Waals surface area contributed by atoms with E-state index in [2.05, 4.69) is 14.8 Å². The Morgan fingerprint density at radius 2 is 2.25 bits per heavy atom. The van der Waals surface area contributed by atoms with Crippen molar-refractivity contribution in [2.75, 3.05) is 10.5 Å². The number of halogens is 1. The minimum Gasteiger partial charge on any atom is -0.381 e. The number of anilines is 2. The molecular weight excluding hydrogens is 302 g/mol. The largest absolute Gasteiger partial charge is 0.381 e. The van der Waals surface area contributed by atoms with Gasteiger partial charge in [-0.15, -0.1) is 0 Å². The molecule has 0 spiro atoms. The van der Waals surface area contributed by atoms with Crippen LogP contribution in [0, 0.1) is 0 Å². The number of aryl methyl sites for hydroxylation is 1. The van der Waals surface area contributed by atoms with Crippen molar-refractivity contribution in [2.45, 2.75) is 24.8 Å². The molecule has 0 radical (unpaired) electrons. The van der Waals surface area contributed by atoms with Crippen LogP contribution in [0.1, 0.15) is 13.3 Å². The second kappa shape index (κ2) is 5.68. The predicted octanol–water partition coefficient (Wildman–Crippen LogP) is 1.72. The number of hydrogen-bond donors (Lipinski definition) is 2. The maximum absolute atomic E-state index is 12.3. The lowest BCUT2D eigenvalue weighted by atomic mass is 10.4. The normalized spacial score (nSPS) is 11.5. The molecule has 0 aliphatic carbocycles. The Morgan fingerprint density at radius 1 is 1.50 bits per heavy atom. The smallest absolute Gasteiger partial charge is 0.267 e. The Hall–Kier alpha value is -1.80. The molecule has 0 aromatic carbocycles. The van der Waals surface area contributed by atoms with Gasteiger partial charge < -0.3 is 5.73 Å². The zero-order valence-corrected chi connectivity index (χ0v) is 12.3. The van der Waals surface area contributed by atoms with E-state index >= 15 is 0 Å². The molecule has 2 rings (SSSR count). The highest BCUT2D eigenvalue weighted by atomic mass is 35.5. The lowest BCUT2D eigenvalue weighted by molar-refractivity contribution is 0.595. The molecule has 0 aliphatic rings. The first-order valence-electron chi connectivity index (χ1n) is 5.89. The summed E-state index contributed by atoms with van der Waals surface area (Å²) < 4.78 is 28.4. The van der Waals surface area contributed by atoms with Crippen LogP contribution in [0.25, 0.3) is 0 Å². The summed E-state index contributed by atoms with van der Waals surface area (Å²) in [4.78, 5) is 3.74.